The summed E-state index contributed by atoms with van der Waals surface area (Å²) in [6, 6.07) is 0. The number of rotatable bonds is 23. The summed E-state index contributed by atoms with van der Waals surface area (Å²) >= 11 is 0. The fourth-order valence-corrected chi connectivity index (χ4v) is 5.10. The van der Waals surface area contributed by atoms with Crippen molar-refractivity contribution < 1.29 is 19.1 Å². The van der Waals surface area contributed by atoms with Gasteiger partial charge in [0.1, 0.15) is 0 Å². The maximum absolute atomic E-state index is 12.7. The Bertz CT molecular complexity index is 567. The van der Waals surface area contributed by atoms with E-state index in [1.165, 1.54) is 89.9 Å². The highest BCUT2D eigenvalue weighted by Crippen LogP contribution is 2.28. The Morgan fingerprint density at radius 2 is 1.00 bits per heavy atom. The maximum atomic E-state index is 12.7. The molecule has 1 aliphatic rings. The highest BCUT2D eigenvalue weighted by atomic mass is 16.5. The summed E-state index contributed by atoms with van der Waals surface area (Å²) in [5.74, 6) is -0.873. The molecule has 1 aliphatic carbocycles. The maximum Gasteiger partial charge on any atom is 0.310 e. The molecule has 0 bridgehead atoms. The van der Waals surface area contributed by atoms with Crippen molar-refractivity contribution in [2.24, 2.45) is 17.8 Å². The Kier molecular flexibility index (Phi) is 20.8. The standard InChI is InChI=1S/C32H58O4/c1-4-7-8-9-10-11-12-13-14-15-16-17-18-19-20-23-26-35-31(33)29-24-21-22-25-30(29)32(34)36-27-28(5-2)6-3/h21-22,28-30H,4-20,23-27H2,1-3H3. The van der Waals surface area contributed by atoms with Gasteiger partial charge in [-0.25, -0.2) is 0 Å². The summed E-state index contributed by atoms with van der Waals surface area (Å²) < 4.78 is 11.1. The Labute approximate surface area is 223 Å². The van der Waals surface area contributed by atoms with Gasteiger partial charge in [0.2, 0.25) is 0 Å². The fraction of sp³-hybridized carbons (Fsp3) is 0.875. The average molecular weight is 507 g/mol. The summed E-state index contributed by atoms with van der Waals surface area (Å²) in [5, 5.41) is 0. The molecule has 0 spiro atoms. The van der Waals surface area contributed by atoms with Gasteiger partial charge in [0.25, 0.3) is 0 Å². The molecule has 0 heterocycles. The fourth-order valence-electron chi connectivity index (χ4n) is 5.10. The number of hydrogen-bond donors (Lipinski definition) is 0. The summed E-state index contributed by atoms with van der Waals surface area (Å²) in [4.78, 5) is 25.3. The van der Waals surface area contributed by atoms with Crippen LogP contribution in [0.2, 0.25) is 0 Å². The van der Waals surface area contributed by atoms with Crippen molar-refractivity contribution in [3.8, 4) is 0 Å². The predicted octanol–water partition coefficient (Wildman–Crippen LogP) is 9.35. The summed E-state index contributed by atoms with van der Waals surface area (Å²) in [7, 11) is 0. The van der Waals surface area contributed by atoms with Crippen molar-refractivity contribution >= 4 is 11.9 Å². The van der Waals surface area contributed by atoms with E-state index in [2.05, 4.69) is 20.8 Å². The number of hydrogen-bond acceptors (Lipinski definition) is 4. The molecule has 4 heteroatoms. The zero-order valence-corrected chi connectivity index (χ0v) is 24.1. The van der Waals surface area contributed by atoms with Gasteiger partial charge in [0.15, 0.2) is 0 Å². The molecule has 0 saturated carbocycles. The van der Waals surface area contributed by atoms with Crippen molar-refractivity contribution in [1.29, 1.82) is 0 Å². The van der Waals surface area contributed by atoms with Crippen LogP contribution >= 0.6 is 0 Å². The van der Waals surface area contributed by atoms with Crippen molar-refractivity contribution in [1.82, 2.24) is 0 Å². The number of allylic oxidation sites excluding steroid dienone is 2. The van der Waals surface area contributed by atoms with Crippen LogP contribution in [0, 0.1) is 17.8 Å². The lowest BCUT2D eigenvalue weighted by Gasteiger charge is -2.26. The predicted molar refractivity (Wildman–Crippen MR) is 151 cm³/mol. The third kappa shape index (κ3) is 15.7. The molecule has 0 fully saturated rings. The number of ether oxygens (including phenoxy) is 2. The first-order valence-corrected chi connectivity index (χ1v) is 15.6. The zero-order chi connectivity index (χ0) is 26.3. The number of carbonyl (C=O) groups excluding carboxylic acids is 2. The van der Waals surface area contributed by atoms with Crippen LogP contribution in [0.25, 0.3) is 0 Å². The van der Waals surface area contributed by atoms with E-state index >= 15 is 0 Å². The van der Waals surface area contributed by atoms with Crippen LogP contribution in [0.5, 0.6) is 0 Å². The second-order valence-corrected chi connectivity index (χ2v) is 10.9. The largest absolute Gasteiger partial charge is 0.465 e. The molecule has 2 unspecified atom stereocenters. The molecule has 36 heavy (non-hydrogen) atoms. The topological polar surface area (TPSA) is 52.6 Å². The van der Waals surface area contributed by atoms with E-state index in [1.807, 2.05) is 12.2 Å². The minimum atomic E-state index is -0.400. The van der Waals surface area contributed by atoms with Crippen LogP contribution in [0.1, 0.15) is 149 Å². The van der Waals surface area contributed by atoms with E-state index in [0.717, 1.165) is 25.7 Å². The Balaban J connectivity index is 2.02. The molecular weight excluding hydrogens is 448 g/mol. The summed E-state index contributed by atoms with van der Waals surface area (Å²) in [6.45, 7) is 7.43. The first-order chi connectivity index (χ1) is 17.6. The smallest absolute Gasteiger partial charge is 0.310 e. The van der Waals surface area contributed by atoms with Crippen LogP contribution in [-0.4, -0.2) is 25.2 Å². The van der Waals surface area contributed by atoms with Gasteiger partial charge in [0, 0.05) is 0 Å². The molecule has 0 aliphatic heterocycles. The Morgan fingerprint density at radius 3 is 1.42 bits per heavy atom. The molecule has 0 amide bonds. The lowest BCUT2D eigenvalue weighted by molar-refractivity contribution is -0.161. The average Bonchev–Trinajstić information content (AvgIpc) is 2.90. The molecule has 4 nitrogen and oxygen atoms in total. The summed E-state index contributed by atoms with van der Waals surface area (Å²) in [6.07, 6.45) is 28.4. The molecule has 2 atom stereocenters. The number of esters is 2. The molecule has 0 N–H and O–H groups in total. The molecule has 0 saturated heterocycles. The molecule has 0 radical (unpaired) electrons. The van der Waals surface area contributed by atoms with Crippen LogP contribution in [0.3, 0.4) is 0 Å². The van der Waals surface area contributed by atoms with E-state index in [4.69, 9.17) is 9.47 Å². The van der Waals surface area contributed by atoms with Crippen LogP contribution in [0.15, 0.2) is 12.2 Å². The van der Waals surface area contributed by atoms with Gasteiger partial charge in [0.05, 0.1) is 25.0 Å². The van der Waals surface area contributed by atoms with Crippen molar-refractivity contribution in [2.75, 3.05) is 13.2 Å². The monoisotopic (exact) mass is 506 g/mol. The van der Waals surface area contributed by atoms with Gasteiger partial charge < -0.3 is 9.47 Å². The van der Waals surface area contributed by atoms with Gasteiger partial charge in [-0.1, -0.05) is 142 Å². The lowest BCUT2D eigenvalue weighted by Crippen LogP contribution is -2.34. The Hall–Kier alpha value is -1.32. The minimum absolute atomic E-state index is 0.232. The Morgan fingerprint density at radius 1 is 0.611 bits per heavy atom. The molecule has 0 aromatic carbocycles. The highest BCUT2D eigenvalue weighted by Gasteiger charge is 2.36. The van der Waals surface area contributed by atoms with E-state index < -0.39 is 11.8 Å². The van der Waals surface area contributed by atoms with Crippen LogP contribution < -0.4 is 0 Å². The van der Waals surface area contributed by atoms with Gasteiger partial charge in [-0.3, -0.25) is 9.59 Å². The van der Waals surface area contributed by atoms with Gasteiger partial charge in [-0.2, -0.15) is 0 Å². The van der Waals surface area contributed by atoms with Crippen LogP contribution in [-0.2, 0) is 19.1 Å². The number of carbonyl (C=O) groups is 2. The van der Waals surface area contributed by atoms with E-state index in [9.17, 15) is 9.59 Å². The molecular formula is C32H58O4. The first kappa shape index (κ1) is 32.7. The lowest BCUT2D eigenvalue weighted by atomic mass is 9.83. The van der Waals surface area contributed by atoms with E-state index in [-0.39, 0.29) is 11.9 Å². The minimum Gasteiger partial charge on any atom is -0.465 e. The first-order valence-electron chi connectivity index (χ1n) is 15.6. The third-order valence-electron chi connectivity index (χ3n) is 7.90. The van der Waals surface area contributed by atoms with Crippen molar-refractivity contribution in [3.63, 3.8) is 0 Å². The van der Waals surface area contributed by atoms with Gasteiger partial charge in [-0.15, -0.1) is 0 Å². The number of unbranched alkanes of at least 4 members (excludes halogenated alkanes) is 15. The summed E-state index contributed by atoms with van der Waals surface area (Å²) in [5.41, 5.74) is 0. The highest BCUT2D eigenvalue weighted by molar-refractivity contribution is 5.82. The van der Waals surface area contributed by atoms with Gasteiger partial charge in [-0.05, 0) is 25.2 Å². The molecule has 210 valence electrons. The molecule has 0 aromatic heterocycles. The van der Waals surface area contributed by atoms with Crippen LogP contribution in [0.4, 0.5) is 0 Å². The van der Waals surface area contributed by atoms with Crippen molar-refractivity contribution in [2.45, 2.75) is 149 Å². The SMILES string of the molecule is CCCCCCCCCCCCCCCCCCOC(=O)C1CC=CCC1C(=O)OCC(CC)CC. The van der Waals surface area contributed by atoms with Gasteiger partial charge >= 0.3 is 11.9 Å². The third-order valence-corrected chi connectivity index (χ3v) is 7.90. The molecule has 0 aromatic rings. The van der Waals surface area contributed by atoms with E-state index in [0.29, 0.717) is 32.0 Å². The molecule has 1 rings (SSSR count). The van der Waals surface area contributed by atoms with Crippen molar-refractivity contribution in [3.05, 3.63) is 12.2 Å². The quantitative estimate of drug-likeness (QED) is 0.0786. The second-order valence-electron chi connectivity index (χ2n) is 10.9. The zero-order valence-electron chi connectivity index (χ0n) is 24.1. The second kappa shape index (κ2) is 22.8. The normalized spacial score (nSPS) is 17.4. The van der Waals surface area contributed by atoms with E-state index in [1.54, 1.807) is 0 Å².